The van der Waals surface area contributed by atoms with E-state index in [1.165, 1.54) is 6.07 Å². The molecular formula is C23H23F2N7O. The molecular weight excluding hydrogens is 428 g/mol. The molecule has 1 fully saturated rings. The third-order valence-electron chi connectivity index (χ3n) is 6.17. The monoisotopic (exact) mass is 451 g/mol. The predicted molar refractivity (Wildman–Crippen MR) is 117 cm³/mol. The van der Waals surface area contributed by atoms with Crippen molar-refractivity contribution >= 4 is 11.6 Å². The maximum Gasteiger partial charge on any atom is 0.274 e. The number of amides is 1. The SMILES string of the molecule is Cc1c(-c2ccnc3cc(C(=O)N4CCN(Cc5cccc(F)c5F)CC4)nn23)cnn1C. The van der Waals surface area contributed by atoms with Gasteiger partial charge in [-0.3, -0.25) is 14.4 Å². The summed E-state index contributed by atoms with van der Waals surface area (Å²) in [7, 11) is 1.87. The molecule has 0 N–H and O–H groups in total. The zero-order valence-corrected chi connectivity index (χ0v) is 18.4. The number of carbonyl (C=O) groups excluding carboxylic acids is 1. The van der Waals surface area contributed by atoms with Crippen molar-refractivity contribution in [3.8, 4) is 11.3 Å². The Morgan fingerprint density at radius 3 is 2.64 bits per heavy atom. The zero-order chi connectivity index (χ0) is 23.1. The van der Waals surface area contributed by atoms with E-state index in [2.05, 4.69) is 15.2 Å². The molecule has 8 nitrogen and oxygen atoms in total. The lowest BCUT2D eigenvalue weighted by Crippen LogP contribution is -2.48. The highest BCUT2D eigenvalue weighted by atomic mass is 19.2. The van der Waals surface area contributed by atoms with Crippen molar-refractivity contribution in [2.24, 2.45) is 7.05 Å². The number of piperazine rings is 1. The summed E-state index contributed by atoms with van der Waals surface area (Å²) in [5.74, 6) is -1.83. The first-order valence-electron chi connectivity index (χ1n) is 10.7. The first-order valence-corrected chi connectivity index (χ1v) is 10.7. The summed E-state index contributed by atoms with van der Waals surface area (Å²) in [6, 6.07) is 7.74. The highest BCUT2D eigenvalue weighted by Crippen LogP contribution is 2.23. The van der Waals surface area contributed by atoms with E-state index >= 15 is 0 Å². The first kappa shape index (κ1) is 21.2. The van der Waals surface area contributed by atoms with E-state index in [4.69, 9.17) is 0 Å². The molecule has 1 aliphatic heterocycles. The second-order valence-corrected chi connectivity index (χ2v) is 8.18. The number of nitrogens with zero attached hydrogens (tertiary/aromatic N) is 7. The van der Waals surface area contributed by atoms with Crippen LogP contribution >= 0.6 is 0 Å². The molecule has 0 atom stereocenters. The van der Waals surface area contributed by atoms with Gasteiger partial charge >= 0.3 is 0 Å². The van der Waals surface area contributed by atoms with Crippen LogP contribution in [0, 0.1) is 18.6 Å². The Labute approximate surface area is 189 Å². The predicted octanol–water partition coefficient (Wildman–Crippen LogP) is 2.67. The van der Waals surface area contributed by atoms with Crippen molar-refractivity contribution in [1.82, 2.24) is 34.2 Å². The molecule has 1 aliphatic rings. The summed E-state index contributed by atoms with van der Waals surface area (Å²) >= 11 is 0. The molecule has 0 unspecified atom stereocenters. The van der Waals surface area contributed by atoms with Crippen LogP contribution in [0.1, 0.15) is 21.7 Å². The third kappa shape index (κ3) is 3.86. The van der Waals surface area contributed by atoms with Crippen LogP contribution < -0.4 is 0 Å². The van der Waals surface area contributed by atoms with E-state index in [0.717, 1.165) is 23.0 Å². The van der Waals surface area contributed by atoms with Crippen molar-refractivity contribution in [3.05, 3.63) is 71.3 Å². The smallest absolute Gasteiger partial charge is 0.274 e. The van der Waals surface area contributed by atoms with Crippen LogP contribution in [0.2, 0.25) is 0 Å². The second-order valence-electron chi connectivity index (χ2n) is 8.18. The number of fused-ring (bicyclic) bond motifs is 1. The number of hydrogen-bond donors (Lipinski definition) is 0. The lowest BCUT2D eigenvalue weighted by molar-refractivity contribution is 0.0621. The van der Waals surface area contributed by atoms with Crippen molar-refractivity contribution in [3.63, 3.8) is 0 Å². The summed E-state index contributed by atoms with van der Waals surface area (Å²) in [6.45, 7) is 4.36. The fraction of sp³-hybridized carbons (Fsp3) is 0.304. The number of aromatic nitrogens is 5. The van der Waals surface area contributed by atoms with Gasteiger partial charge in [0, 0.05) is 68.9 Å². The Morgan fingerprint density at radius 2 is 1.91 bits per heavy atom. The Bertz CT molecular complexity index is 1340. The molecule has 1 amide bonds. The van der Waals surface area contributed by atoms with Gasteiger partial charge in [0.2, 0.25) is 0 Å². The molecule has 0 saturated carbocycles. The minimum atomic E-state index is -0.845. The van der Waals surface area contributed by atoms with Crippen LogP contribution in [0.3, 0.4) is 0 Å². The van der Waals surface area contributed by atoms with Crippen molar-refractivity contribution < 1.29 is 13.6 Å². The topological polar surface area (TPSA) is 71.6 Å². The van der Waals surface area contributed by atoms with Crippen LogP contribution in [-0.4, -0.2) is 66.3 Å². The molecule has 170 valence electrons. The minimum absolute atomic E-state index is 0.175. The molecule has 5 rings (SSSR count). The average molecular weight is 451 g/mol. The maximum atomic E-state index is 14.0. The molecule has 4 heterocycles. The molecule has 3 aromatic heterocycles. The van der Waals surface area contributed by atoms with E-state index < -0.39 is 11.6 Å². The summed E-state index contributed by atoms with van der Waals surface area (Å²) in [6.07, 6.45) is 3.46. The van der Waals surface area contributed by atoms with Crippen LogP contribution in [0.5, 0.6) is 0 Å². The van der Waals surface area contributed by atoms with E-state index in [-0.39, 0.29) is 5.91 Å². The number of halogens is 2. The molecule has 1 aromatic carbocycles. The Kier molecular flexibility index (Phi) is 5.37. The van der Waals surface area contributed by atoms with Crippen molar-refractivity contribution in [2.75, 3.05) is 26.2 Å². The van der Waals surface area contributed by atoms with Gasteiger partial charge in [-0.1, -0.05) is 12.1 Å². The van der Waals surface area contributed by atoms with Crippen LogP contribution in [0.15, 0.2) is 42.7 Å². The fourth-order valence-corrected chi connectivity index (χ4v) is 4.14. The molecule has 33 heavy (non-hydrogen) atoms. The molecule has 0 spiro atoms. The quantitative estimate of drug-likeness (QED) is 0.477. The maximum absolute atomic E-state index is 14.0. The van der Waals surface area contributed by atoms with E-state index in [0.29, 0.717) is 49.6 Å². The van der Waals surface area contributed by atoms with Crippen LogP contribution in [0.4, 0.5) is 8.78 Å². The van der Waals surface area contributed by atoms with Gasteiger partial charge in [0.05, 0.1) is 11.9 Å². The van der Waals surface area contributed by atoms with Gasteiger partial charge in [0.25, 0.3) is 5.91 Å². The van der Waals surface area contributed by atoms with Gasteiger partial charge < -0.3 is 4.90 Å². The number of carbonyl (C=O) groups is 1. The number of benzene rings is 1. The number of aryl methyl sites for hydroxylation is 1. The molecule has 10 heteroatoms. The average Bonchev–Trinajstić information content (AvgIpc) is 3.40. The second kappa shape index (κ2) is 8.36. The van der Waals surface area contributed by atoms with Gasteiger partial charge in [-0.15, -0.1) is 0 Å². The standard InChI is InChI=1S/C23H23F2N7O/c1-15-17(13-27-29(15)2)20-6-7-26-21-12-19(28-32(20)21)23(33)31-10-8-30(9-11-31)14-16-4-3-5-18(24)22(16)25/h3-7,12-13H,8-11,14H2,1-2H3. The van der Waals surface area contributed by atoms with Gasteiger partial charge in [-0.25, -0.2) is 18.3 Å². The Hall–Kier alpha value is -3.66. The summed E-state index contributed by atoms with van der Waals surface area (Å²) < 4.78 is 30.9. The van der Waals surface area contributed by atoms with Gasteiger partial charge in [-0.2, -0.15) is 10.2 Å². The fourth-order valence-electron chi connectivity index (χ4n) is 4.14. The minimum Gasteiger partial charge on any atom is -0.335 e. The Balaban J connectivity index is 1.31. The normalized spacial score (nSPS) is 14.8. The number of rotatable bonds is 4. The highest BCUT2D eigenvalue weighted by Gasteiger charge is 2.25. The van der Waals surface area contributed by atoms with Gasteiger partial charge in [0.1, 0.15) is 0 Å². The van der Waals surface area contributed by atoms with Crippen molar-refractivity contribution in [1.29, 1.82) is 0 Å². The summed E-state index contributed by atoms with van der Waals surface area (Å²) in [4.78, 5) is 21.2. The van der Waals surface area contributed by atoms with Gasteiger partial charge in [0.15, 0.2) is 23.0 Å². The van der Waals surface area contributed by atoms with Crippen LogP contribution in [0.25, 0.3) is 16.9 Å². The van der Waals surface area contributed by atoms with Gasteiger partial charge in [-0.05, 0) is 19.1 Å². The molecule has 1 saturated heterocycles. The van der Waals surface area contributed by atoms with Crippen LogP contribution in [-0.2, 0) is 13.6 Å². The summed E-state index contributed by atoms with van der Waals surface area (Å²) in [5.41, 5.74) is 3.94. The molecule has 0 aliphatic carbocycles. The zero-order valence-electron chi connectivity index (χ0n) is 18.4. The van der Waals surface area contributed by atoms with E-state index in [9.17, 15) is 13.6 Å². The summed E-state index contributed by atoms with van der Waals surface area (Å²) in [5, 5.41) is 8.84. The third-order valence-corrected chi connectivity index (χ3v) is 6.17. The molecule has 0 bridgehead atoms. The van der Waals surface area contributed by atoms with E-state index in [1.54, 1.807) is 38.6 Å². The lowest BCUT2D eigenvalue weighted by atomic mass is 10.1. The highest BCUT2D eigenvalue weighted by molar-refractivity contribution is 5.93. The first-order chi connectivity index (χ1) is 15.9. The molecule has 0 radical (unpaired) electrons. The number of hydrogen-bond acceptors (Lipinski definition) is 5. The lowest BCUT2D eigenvalue weighted by Gasteiger charge is -2.34. The molecule has 4 aromatic rings. The largest absolute Gasteiger partial charge is 0.335 e. The van der Waals surface area contributed by atoms with E-state index in [1.807, 2.05) is 24.9 Å². The van der Waals surface area contributed by atoms with Crippen molar-refractivity contribution in [2.45, 2.75) is 13.5 Å². The Morgan fingerprint density at radius 1 is 1.12 bits per heavy atom.